The van der Waals surface area contributed by atoms with E-state index in [1.807, 2.05) is 35.0 Å². The lowest BCUT2D eigenvalue weighted by Crippen LogP contribution is -2.30. The second-order valence-electron chi connectivity index (χ2n) is 10.9. The van der Waals surface area contributed by atoms with Crippen LogP contribution >= 0.6 is 0 Å². The Labute approximate surface area is 202 Å². The predicted molar refractivity (Wildman–Crippen MR) is 138 cm³/mol. The van der Waals surface area contributed by atoms with Gasteiger partial charge in [-0.15, -0.1) is 0 Å². The van der Waals surface area contributed by atoms with Crippen molar-refractivity contribution >= 4 is 17.5 Å². The maximum absolute atomic E-state index is 13.1. The van der Waals surface area contributed by atoms with Crippen LogP contribution in [0.15, 0.2) is 54.6 Å². The highest BCUT2D eigenvalue weighted by atomic mass is 16.2. The topological polar surface area (TPSA) is 71.0 Å². The van der Waals surface area contributed by atoms with Crippen molar-refractivity contribution in [1.29, 1.82) is 0 Å². The normalized spacial score (nSPS) is 21.6. The summed E-state index contributed by atoms with van der Waals surface area (Å²) in [6.07, 6.45) is 3.53. The van der Waals surface area contributed by atoms with Crippen LogP contribution < -0.4 is 16.0 Å². The van der Waals surface area contributed by atoms with Crippen molar-refractivity contribution < 1.29 is 4.79 Å². The van der Waals surface area contributed by atoms with Crippen molar-refractivity contribution in [3.8, 4) is 5.69 Å². The molecular formula is C28H35N5O. The first kappa shape index (κ1) is 22.7. The van der Waals surface area contributed by atoms with Crippen molar-refractivity contribution in [3.63, 3.8) is 0 Å². The van der Waals surface area contributed by atoms with Gasteiger partial charge in [0.2, 0.25) is 0 Å². The fraction of sp³-hybridized carbons (Fsp3) is 0.429. The van der Waals surface area contributed by atoms with Gasteiger partial charge in [0.25, 0.3) is 0 Å². The molecule has 2 heterocycles. The Balaban J connectivity index is 1.35. The zero-order valence-corrected chi connectivity index (χ0v) is 20.6. The minimum atomic E-state index is -0.254. The molecule has 2 amide bonds. The Morgan fingerprint density at radius 2 is 1.85 bits per heavy atom. The Morgan fingerprint density at radius 1 is 1.09 bits per heavy atom. The number of hydrogen-bond acceptors (Lipinski definition) is 3. The zero-order chi connectivity index (χ0) is 23.9. The molecule has 34 heavy (non-hydrogen) atoms. The number of hydrogen-bond donors (Lipinski definition) is 3. The van der Waals surface area contributed by atoms with E-state index in [1.165, 1.54) is 24.0 Å². The van der Waals surface area contributed by atoms with Gasteiger partial charge in [0.15, 0.2) is 0 Å². The average Bonchev–Trinajstić information content (AvgIpc) is 3.51. The first-order valence-electron chi connectivity index (χ1n) is 12.3. The van der Waals surface area contributed by atoms with Gasteiger partial charge in [-0.1, -0.05) is 56.7 Å². The third-order valence-electron chi connectivity index (χ3n) is 7.26. The lowest BCUT2D eigenvalue weighted by molar-refractivity contribution is 0.262. The molecule has 3 aromatic rings. The van der Waals surface area contributed by atoms with E-state index >= 15 is 0 Å². The molecule has 0 spiro atoms. The molecule has 1 saturated carbocycles. The highest BCUT2D eigenvalue weighted by Gasteiger charge is 2.39. The number of fused-ring (bicyclic) bond motifs is 2. The van der Waals surface area contributed by atoms with Crippen LogP contribution in [-0.4, -0.2) is 28.4 Å². The molecule has 2 bridgehead atoms. The smallest absolute Gasteiger partial charge is 0.314 e. The summed E-state index contributed by atoms with van der Waals surface area (Å²) in [4.78, 5) is 13.1. The van der Waals surface area contributed by atoms with Crippen molar-refractivity contribution in [3.05, 3.63) is 71.4 Å². The number of benzene rings is 2. The van der Waals surface area contributed by atoms with Gasteiger partial charge in [-0.25, -0.2) is 9.48 Å². The van der Waals surface area contributed by atoms with Gasteiger partial charge in [0.1, 0.15) is 5.82 Å². The van der Waals surface area contributed by atoms with Crippen molar-refractivity contribution in [1.82, 2.24) is 15.1 Å². The number of carbonyl (C=O) groups is 1. The first-order chi connectivity index (χ1) is 16.3. The number of carbonyl (C=O) groups excluding carboxylic acids is 1. The molecule has 3 unspecified atom stereocenters. The van der Waals surface area contributed by atoms with E-state index in [0.29, 0.717) is 17.8 Å². The molecule has 0 radical (unpaired) electrons. The van der Waals surface area contributed by atoms with Crippen LogP contribution in [0.1, 0.15) is 50.4 Å². The fourth-order valence-corrected chi connectivity index (χ4v) is 5.29. The SMILES string of the molecule is Cc1ccc(-n2nc(C(C)(C)C)cc2NC(=O)Nc2ccccc2CC2CC3CC2CN3)cc1. The minimum Gasteiger partial charge on any atom is -0.314 e. The molecule has 1 aliphatic carbocycles. The summed E-state index contributed by atoms with van der Waals surface area (Å²) in [5.74, 6) is 2.10. The number of aryl methyl sites for hydroxylation is 1. The first-order valence-corrected chi connectivity index (χ1v) is 12.3. The molecule has 178 valence electrons. The lowest BCUT2D eigenvalue weighted by atomic mass is 9.88. The van der Waals surface area contributed by atoms with Crippen LogP contribution in [0.2, 0.25) is 0 Å². The molecular weight excluding hydrogens is 422 g/mol. The van der Waals surface area contributed by atoms with Crippen LogP contribution in [0.3, 0.4) is 0 Å². The summed E-state index contributed by atoms with van der Waals surface area (Å²) in [6, 6.07) is 18.7. The van der Waals surface area contributed by atoms with E-state index < -0.39 is 0 Å². The Hall–Kier alpha value is -3.12. The fourth-order valence-electron chi connectivity index (χ4n) is 5.29. The summed E-state index contributed by atoms with van der Waals surface area (Å²) in [6.45, 7) is 9.57. The van der Waals surface area contributed by atoms with Crippen molar-refractivity contribution in [2.24, 2.45) is 11.8 Å². The predicted octanol–water partition coefficient (Wildman–Crippen LogP) is 5.66. The van der Waals surface area contributed by atoms with Crippen LogP contribution in [-0.2, 0) is 11.8 Å². The number of piperidine rings is 1. The Kier molecular flexibility index (Phi) is 5.94. The van der Waals surface area contributed by atoms with E-state index in [2.05, 4.69) is 67.9 Å². The molecule has 2 aliphatic rings. The third kappa shape index (κ3) is 4.73. The summed E-state index contributed by atoms with van der Waals surface area (Å²) in [7, 11) is 0. The summed E-state index contributed by atoms with van der Waals surface area (Å²) in [5.41, 5.74) is 4.98. The van der Waals surface area contributed by atoms with Crippen molar-refractivity contribution in [2.45, 2.75) is 58.4 Å². The van der Waals surface area contributed by atoms with Gasteiger partial charge in [-0.3, -0.25) is 5.32 Å². The van der Waals surface area contributed by atoms with E-state index in [1.54, 1.807) is 0 Å². The molecule has 3 N–H and O–H groups in total. The van der Waals surface area contributed by atoms with Crippen LogP contribution in [0.4, 0.5) is 16.3 Å². The maximum atomic E-state index is 13.1. The second kappa shape index (κ2) is 8.91. The maximum Gasteiger partial charge on any atom is 0.324 e. The highest BCUT2D eigenvalue weighted by molar-refractivity contribution is 6.00. The van der Waals surface area contributed by atoms with Gasteiger partial charge in [-0.2, -0.15) is 5.10 Å². The van der Waals surface area contributed by atoms with E-state index in [4.69, 9.17) is 5.10 Å². The number of amides is 2. The molecule has 6 nitrogen and oxygen atoms in total. The largest absolute Gasteiger partial charge is 0.324 e. The molecule has 3 atom stereocenters. The third-order valence-corrected chi connectivity index (χ3v) is 7.26. The summed E-state index contributed by atoms with van der Waals surface area (Å²) in [5, 5.41) is 14.6. The molecule has 2 aromatic carbocycles. The van der Waals surface area contributed by atoms with E-state index in [0.717, 1.165) is 36.0 Å². The molecule has 1 saturated heterocycles. The number of rotatable bonds is 5. The van der Waals surface area contributed by atoms with Gasteiger partial charge in [-0.05, 0) is 68.3 Å². The molecule has 6 heteroatoms. The molecule has 1 aromatic heterocycles. The quantitative estimate of drug-likeness (QED) is 0.463. The standard InChI is InChI=1S/C28H35N5O/c1-18-9-11-23(12-10-18)33-26(16-25(32-33)28(2,3)4)31-27(34)30-24-8-6-5-7-19(24)13-20-14-22-15-21(20)17-29-22/h5-12,16,20-22,29H,13-15,17H2,1-4H3,(H2,30,31,34). The number of nitrogens with one attached hydrogen (secondary N) is 3. The van der Waals surface area contributed by atoms with Crippen molar-refractivity contribution in [2.75, 3.05) is 17.2 Å². The second-order valence-corrected chi connectivity index (χ2v) is 10.9. The highest BCUT2D eigenvalue weighted by Crippen LogP contribution is 2.39. The van der Waals surface area contributed by atoms with Crippen LogP contribution in [0.25, 0.3) is 5.69 Å². The number of nitrogens with zero attached hydrogens (tertiary/aromatic N) is 2. The Morgan fingerprint density at radius 3 is 2.53 bits per heavy atom. The minimum absolute atomic E-state index is 0.134. The van der Waals surface area contributed by atoms with E-state index in [-0.39, 0.29) is 11.4 Å². The number of anilines is 2. The number of para-hydroxylation sites is 1. The van der Waals surface area contributed by atoms with Gasteiger partial charge < -0.3 is 10.6 Å². The lowest BCUT2D eigenvalue weighted by Gasteiger charge is -2.23. The molecule has 5 rings (SSSR count). The average molecular weight is 458 g/mol. The van der Waals surface area contributed by atoms with Gasteiger partial charge in [0.05, 0.1) is 11.4 Å². The van der Waals surface area contributed by atoms with Gasteiger partial charge in [0, 0.05) is 23.2 Å². The molecule has 1 aliphatic heterocycles. The molecule has 2 fully saturated rings. The monoisotopic (exact) mass is 457 g/mol. The number of urea groups is 1. The van der Waals surface area contributed by atoms with Gasteiger partial charge >= 0.3 is 6.03 Å². The van der Waals surface area contributed by atoms with Crippen LogP contribution in [0, 0.1) is 18.8 Å². The van der Waals surface area contributed by atoms with E-state index in [9.17, 15) is 4.79 Å². The summed E-state index contributed by atoms with van der Waals surface area (Å²) >= 11 is 0. The summed E-state index contributed by atoms with van der Waals surface area (Å²) < 4.78 is 1.81. The number of aromatic nitrogens is 2. The zero-order valence-electron chi connectivity index (χ0n) is 20.6. The van der Waals surface area contributed by atoms with Crippen LogP contribution in [0.5, 0.6) is 0 Å². The Bertz CT molecular complexity index is 1170.